The predicted octanol–water partition coefficient (Wildman–Crippen LogP) is 9.26. The molecule has 0 saturated heterocycles. The number of para-hydroxylation sites is 1. The van der Waals surface area contributed by atoms with Crippen LogP contribution in [0, 0.1) is 26.8 Å². The van der Waals surface area contributed by atoms with Crippen LogP contribution in [0.5, 0.6) is 0 Å². The van der Waals surface area contributed by atoms with E-state index in [0.29, 0.717) is 0 Å². The van der Waals surface area contributed by atoms with Gasteiger partial charge in [-0.15, -0.1) is 6.07 Å². The van der Waals surface area contributed by atoms with Crippen LogP contribution in [0.1, 0.15) is 69.4 Å². The first-order chi connectivity index (χ1) is 17.4. The molecule has 0 aliphatic heterocycles. The molecule has 0 amide bonds. The van der Waals surface area contributed by atoms with Crippen molar-refractivity contribution in [3.05, 3.63) is 107 Å². The van der Waals surface area contributed by atoms with Gasteiger partial charge >= 0.3 is 0 Å². The summed E-state index contributed by atoms with van der Waals surface area (Å²) >= 11 is 0. The topological polar surface area (TPSA) is 3.88 Å². The minimum absolute atomic E-state index is 0.000772. The van der Waals surface area contributed by atoms with Crippen LogP contribution >= 0.6 is 0 Å². The summed E-state index contributed by atoms with van der Waals surface area (Å²) in [7, 11) is 0. The zero-order valence-electron chi connectivity index (χ0n) is 23.9. The monoisotopic (exact) mass is 485 g/mol. The van der Waals surface area contributed by atoms with Crippen LogP contribution in [0.25, 0.3) is 38.6 Å². The molecule has 1 aromatic heterocycles. The Kier molecular flexibility index (Phi) is 6.02. The Morgan fingerprint density at radius 2 is 1.24 bits per heavy atom. The van der Waals surface area contributed by atoms with E-state index < -0.39 is 0 Å². The molecular weight excluding hydrogens is 446 g/mol. The van der Waals surface area contributed by atoms with E-state index in [-0.39, 0.29) is 10.8 Å². The zero-order valence-corrected chi connectivity index (χ0v) is 23.9. The molecule has 1 heterocycles. The van der Waals surface area contributed by atoms with E-state index in [0.717, 1.165) is 11.2 Å². The summed E-state index contributed by atoms with van der Waals surface area (Å²) in [5.41, 5.74) is 12.7. The summed E-state index contributed by atoms with van der Waals surface area (Å²) in [5, 5.41) is 2.51. The maximum atomic E-state index is 3.91. The lowest BCUT2D eigenvalue weighted by Crippen LogP contribution is -2.34. The number of fused-ring (bicyclic) bond motifs is 2. The number of rotatable bonds is 2. The molecule has 188 valence electrons. The van der Waals surface area contributed by atoms with Crippen LogP contribution < -0.4 is 4.57 Å². The first-order valence-corrected chi connectivity index (χ1v) is 13.4. The molecule has 37 heavy (non-hydrogen) atoms. The molecule has 0 aliphatic carbocycles. The molecule has 0 unspecified atom stereocenters. The smallest absolute Gasteiger partial charge is 0.176 e. The van der Waals surface area contributed by atoms with E-state index in [2.05, 4.69) is 146 Å². The second-order valence-electron chi connectivity index (χ2n) is 12.7. The number of pyridine rings is 1. The second-order valence-corrected chi connectivity index (χ2v) is 12.7. The fourth-order valence-electron chi connectivity index (χ4n) is 5.65. The highest BCUT2D eigenvalue weighted by molar-refractivity contribution is 6.08. The normalized spacial score (nSPS) is 12.5. The maximum Gasteiger partial charge on any atom is 0.216 e. The maximum absolute atomic E-state index is 3.91. The van der Waals surface area contributed by atoms with Gasteiger partial charge < -0.3 is 0 Å². The Morgan fingerprint density at radius 1 is 0.622 bits per heavy atom. The van der Waals surface area contributed by atoms with Crippen LogP contribution in [0.3, 0.4) is 0 Å². The molecule has 0 atom stereocenters. The lowest BCUT2D eigenvalue weighted by atomic mass is 9.82. The molecule has 0 spiro atoms. The van der Waals surface area contributed by atoms with Gasteiger partial charge in [0.15, 0.2) is 0 Å². The van der Waals surface area contributed by atoms with Crippen LogP contribution in [0.15, 0.2) is 72.8 Å². The predicted molar refractivity (Wildman–Crippen MR) is 159 cm³/mol. The number of nitrogens with zero attached hydrogens (tertiary/aromatic N) is 1. The van der Waals surface area contributed by atoms with Gasteiger partial charge in [0.25, 0.3) is 0 Å². The van der Waals surface area contributed by atoms with E-state index in [9.17, 15) is 0 Å². The van der Waals surface area contributed by atoms with E-state index in [1.807, 2.05) is 0 Å². The van der Waals surface area contributed by atoms with Gasteiger partial charge in [0.2, 0.25) is 11.2 Å². The Labute approximate surface area is 222 Å². The average molecular weight is 486 g/mol. The lowest BCUT2D eigenvalue weighted by Gasteiger charge is -2.27. The highest BCUT2D eigenvalue weighted by Crippen LogP contribution is 2.40. The molecule has 1 heteroatoms. The Morgan fingerprint density at radius 3 is 1.84 bits per heavy atom. The summed E-state index contributed by atoms with van der Waals surface area (Å²) < 4.78 is 2.43. The fourth-order valence-corrected chi connectivity index (χ4v) is 5.65. The van der Waals surface area contributed by atoms with Crippen molar-refractivity contribution in [2.75, 3.05) is 0 Å². The highest BCUT2D eigenvalue weighted by atomic mass is 15.0. The van der Waals surface area contributed by atoms with E-state index in [1.54, 1.807) is 0 Å². The van der Waals surface area contributed by atoms with Gasteiger partial charge in [0.05, 0.1) is 0 Å². The molecule has 0 aliphatic rings. The number of hydrogen-bond donors (Lipinski definition) is 0. The molecule has 0 saturated carbocycles. The molecule has 4 aromatic carbocycles. The summed E-state index contributed by atoms with van der Waals surface area (Å²) in [5.74, 6) is 0. The SMILES string of the molecule is Cc1cc(C)c(-c2c3ccc(C(C)(C)C)[c-]c3[n+](-c3ccccc3)c3cc(C(C)(C)C)ccc23)c(C)c1. The van der Waals surface area contributed by atoms with Crippen molar-refractivity contribution in [1.29, 1.82) is 0 Å². The quantitative estimate of drug-likeness (QED) is 0.133. The summed E-state index contributed by atoms with van der Waals surface area (Å²) in [4.78, 5) is 0. The van der Waals surface area contributed by atoms with Gasteiger partial charge in [0, 0.05) is 23.6 Å². The third-order valence-electron chi connectivity index (χ3n) is 7.54. The Balaban J connectivity index is 2.07. The van der Waals surface area contributed by atoms with Gasteiger partial charge in [-0.3, -0.25) is 0 Å². The average Bonchev–Trinajstić information content (AvgIpc) is 2.81. The van der Waals surface area contributed by atoms with Crippen molar-refractivity contribution < 1.29 is 4.57 Å². The van der Waals surface area contributed by atoms with Crippen molar-refractivity contribution in [2.45, 2.75) is 73.1 Å². The third-order valence-corrected chi connectivity index (χ3v) is 7.54. The van der Waals surface area contributed by atoms with Gasteiger partial charge in [-0.1, -0.05) is 88.9 Å². The van der Waals surface area contributed by atoms with Crippen molar-refractivity contribution in [1.82, 2.24) is 0 Å². The fraction of sp³-hybridized carbons (Fsp3) is 0.306. The van der Waals surface area contributed by atoms with Gasteiger partial charge in [0.1, 0.15) is 5.52 Å². The number of hydrogen-bond acceptors (Lipinski definition) is 0. The van der Waals surface area contributed by atoms with Gasteiger partial charge in [-0.05, 0) is 65.5 Å². The first kappa shape index (κ1) is 25.2. The standard InChI is InChI=1S/C36H39N/c1-23-19-24(2)33(25(3)20-23)34-29-17-15-26(35(4,5)6)21-31(29)37(28-13-11-10-12-14-28)32-22-27(36(7,8)9)16-18-30(32)34/h10-21H,1-9H3. The molecule has 0 radical (unpaired) electrons. The van der Waals surface area contributed by atoms with E-state index in [1.165, 1.54) is 55.2 Å². The van der Waals surface area contributed by atoms with E-state index in [4.69, 9.17) is 0 Å². The van der Waals surface area contributed by atoms with Crippen LogP contribution in [-0.4, -0.2) is 0 Å². The summed E-state index contributed by atoms with van der Waals surface area (Å²) in [6, 6.07) is 31.0. The summed E-state index contributed by atoms with van der Waals surface area (Å²) in [6.07, 6.45) is 0. The van der Waals surface area contributed by atoms with Crippen molar-refractivity contribution in [3.8, 4) is 16.8 Å². The Hall–Kier alpha value is -3.45. The molecule has 5 aromatic rings. The Bertz CT molecular complexity index is 1540. The van der Waals surface area contributed by atoms with Crippen LogP contribution in [-0.2, 0) is 10.8 Å². The third kappa shape index (κ3) is 4.46. The minimum Gasteiger partial charge on any atom is -0.176 e. The second kappa shape index (κ2) is 8.84. The number of benzene rings is 4. The zero-order chi connectivity index (χ0) is 26.7. The van der Waals surface area contributed by atoms with Gasteiger partial charge in [-0.2, -0.15) is 22.3 Å². The first-order valence-electron chi connectivity index (χ1n) is 13.4. The van der Waals surface area contributed by atoms with Crippen molar-refractivity contribution in [3.63, 3.8) is 0 Å². The molecular formula is C36H39N. The molecule has 5 rings (SSSR count). The molecule has 1 nitrogen and oxygen atoms in total. The largest absolute Gasteiger partial charge is 0.216 e. The number of aromatic nitrogens is 1. The lowest BCUT2D eigenvalue weighted by molar-refractivity contribution is -0.538. The molecule has 0 N–H and O–H groups in total. The number of aryl methyl sites for hydroxylation is 3. The highest BCUT2D eigenvalue weighted by Gasteiger charge is 2.25. The molecule has 0 fully saturated rings. The van der Waals surface area contributed by atoms with E-state index >= 15 is 0 Å². The minimum atomic E-state index is 0.000772. The summed E-state index contributed by atoms with van der Waals surface area (Å²) in [6.45, 7) is 20.4. The molecule has 0 bridgehead atoms. The van der Waals surface area contributed by atoms with Crippen molar-refractivity contribution >= 4 is 21.8 Å². The van der Waals surface area contributed by atoms with Crippen LogP contribution in [0.4, 0.5) is 0 Å². The van der Waals surface area contributed by atoms with Crippen LogP contribution in [0.2, 0.25) is 0 Å². The van der Waals surface area contributed by atoms with Gasteiger partial charge in [-0.25, -0.2) is 0 Å². The van der Waals surface area contributed by atoms with Crippen molar-refractivity contribution in [2.24, 2.45) is 0 Å².